The van der Waals surface area contributed by atoms with Crippen LogP contribution in [0.25, 0.3) is 0 Å². The average Bonchev–Trinajstić information content (AvgIpc) is 2.78. The maximum absolute atomic E-state index is 13.4. The van der Waals surface area contributed by atoms with E-state index in [1.54, 1.807) is 25.1 Å². The molecule has 7 nitrogen and oxygen atoms in total. The second-order valence-electron chi connectivity index (χ2n) is 8.43. The van der Waals surface area contributed by atoms with Crippen LogP contribution >= 0.6 is 0 Å². The Morgan fingerprint density at radius 2 is 1.75 bits per heavy atom. The van der Waals surface area contributed by atoms with E-state index in [9.17, 15) is 18.0 Å². The first-order chi connectivity index (χ1) is 15.2. The molecule has 1 aliphatic rings. The molecule has 0 bridgehead atoms. The van der Waals surface area contributed by atoms with Gasteiger partial charge in [-0.05, 0) is 38.0 Å². The van der Waals surface area contributed by atoms with Gasteiger partial charge in [-0.2, -0.15) is 4.31 Å². The van der Waals surface area contributed by atoms with Crippen molar-refractivity contribution in [2.45, 2.75) is 50.6 Å². The van der Waals surface area contributed by atoms with Gasteiger partial charge in [0.2, 0.25) is 21.8 Å². The number of aryl methyl sites for hydroxylation is 1. The monoisotopic (exact) mass is 457 g/mol. The fourth-order valence-corrected chi connectivity index (χ4v) is 5.37. The highest BCUT2D eigenvalue weighted by Gasteiger charge is 2.50. The molecule has 0 aliphatic carbocycles. The molecule has 2 aromatic rings. The number of rotatable bonds is 8. The summed E-state index contributed by atoms with van der Waals surface area (Å²) in [4.78, 5) is 28.1. The third-order valence-corrected chi connectivity index (χ3v) is 7.68. The second-order valence-corrected chi connectivity index (χ2v) is 10.4. The SMILES string of the molecule is CCCCN1C(=O)CN(S(=O)(=O)c2ccccc2)C[C@@]1(C)C(=O)NCc1ccc(C)cc1. The van der Waals surface area contributed by atoms with Gasteiger partial charge in [-0.1, -0.05) is 61.4 Å². The van der Waals surface area contributed by atoms with Crippen LogP contribution in [0.3, 0.4) is 0 Å². The lowest BCUT2D eigenvalue weighted by atomic mass is 9.95. The minimum absolute atomic E-state index is 0.0978. The van der Waals surface area contributed by atoms with Crippen molar-refractivity contribution in [2.75, 3.05) is 19.6 Å². The Morgan fingerprint density at radius 1 is 1.09 bits per heavy atom. The number of carbonyl (C=O) groups is 2. The minimum atomic E-state index is -3.91. The van der Waals surface area contributed by atoms with Gasteiger partial charge >= 0.3 is 0 Å². The molecule has 8 heteroatoms. The summed E-state index contributed by atoms with van der Waals surface area (Å²) in [6.45, 7) is 5.98. The standard InChI is InChI=1S/C24H31N3O4S/c1-4-5-15-27-22(28)17-26(32(30,31)21-9-7-6-8-10-21)18-24(27,3)23(29)25-16-20-13-11-19(2)12-14-20/h6-14H,4-5,15-18H2,1-3H3,(H,25,29)/t24-/m0/s1. The summed E-state index contributed by atoms with van der Waals surface area (Å²) in [7, 11) is -3.91. The van der Waals surface area contributed by atoms with Crippen molar-refractivity contribution >= 4 is 21.8 Å². The molecule has 1 fully saturated rings. The molecular formula is C24H31N3O4S. The normalized spacial score (nSPS) is 19.7. The van der Waals surface area contributed by atoms with Crippen molar-refractivity contribution in [2.24, 2.45) is 0 Å². The first-order valence-electron chi connectivity index (χ1n) is 10.9. The zero-order valence-electron chi connectivity index (χ0n) is 18.9. The molecule has 1 N–H and O–H groups in total. The van der Waals surface area contributed by atoms with Gasteiger partial charge in [0.1, 0.15) is 5.54 Å². The average molecular weight is 458 g/mol. The Bertz CT molecular complexity index is 1050. The van der Waals surface area contributed by atoms with E-state index in [0.29, 0.717) is 13.1 Å². The lowest BCUT2D eigenvalue weighted by Crippen LogP contribution is -2.69. The summed E-state index contributed by atoms with van der Waals surface area (Å²) < 4.78 is 27.5. The van der Waals surface area contributed by atoms with Crippen LogP contribution in [0.5, 0.6) is 0 Å². The highest BCUT2D eigenvalue weighted by atomic mass is 32.2. The number of hydrogen-bond donors (Lipinski definition) is 1. The molecule has 32 heavy (non-hydrogen) atoms. The van der Waals surface area contributed by atoms with Crippen molar-refractivity contribution in [1.82, 2.24) is 14.5 Å². The van der Waals surface area contributed by atoms with E-state index in [1.807, 2.05) is 38.1 Å². The lowest BCUT2D eigenvalue weighted by molar-refractivity contribution is -0.152. The molecule has 3 rings (SSSR count). The lowest BCUT2D eigenvalue weighted by Gasteiger charge is -2.46. The predicted octanol–water partition coefficient (Wildman–Crippen LogP) is 2.70. The van der Waals surface area contributed by atoms with Crippen LogP contribution in [0.15, 0.2) is 59.5 Å². The number of nitrogens with one attached hydrogen (secondary N) is 1. The molecule has 0 aromatic heterocycles. The number of sulfonamides is 1. The summed E-state index contributed by atoms with van der Waals surface area (Å²) in [6.07, 6.45) is 1.59. The van der Waals surface area contributed by atoms with Crippen LogP contribution in [-0.2, 0) is 26.2 Å². The van der Waals surface area contributed by atoms with Gasteiger partial charge in [0.15, 0.2) is 0 Å². The van der Waals surface area contributed by atoms with Gasteiger partial charge in [0, 0.05) is 19.6 Å². The third kappa shape index (κ3) is 5.02. The summed E-state index contributed by atoms with van der Waals surface area (Å²) in [6, 6.07) is 15.8. The number of benzene rings is 2. The topological polar surface area (TPSA) is 86.8 Å². The van der Waals surface area contributed by atoms with Gasteiger partial charge in [-0.15, -0.1) is 0 Å². The quantitative estimate of drug-likeness (QED) is 0.660. The van der Waals surface area contributed by atoms with Crippen molar-refractivity contribution in [3.63, 3.8) is 0 Å². The molecule has 1 aliphatic heterocycles. The van der Waals surface area contributed by atoms with Crippen LogP contribution in [0.1, 0.15) is 37.8 Å². The van der Waals surface area contributed by atoms with Crippen molar-refractivity contribution < 1.29 is 18.0 Å². The van der Waals surface area contributed by atoms with E-state index in [1.165, 1.54) is 17.0 Å². The van der Waals surface area contributed by atoms with Gasteiger partial charge in [-0.25, -0.2) is 8.42 Å². The van der Waals surface area contributed by atoms with E-state index in [4.69, 9.17) is 0 Å². The molecule has 0 radical (unpaired) electrons. The van der Waals surface area contributed by atoms with Gasteiger partial charge in [0.25, 0.3) is 0 Å². The molecule has 1 heterocycles. The van der Waals surface area contributed by atoms with Crippen LogP contribution in [0, 0.1) is 6.92 Å². The number of piperazine rings is 1. The Hall–Kier alpha value is -2.71. The van der Waals surface area contributed by atoms with Crippen molar-refractivity contribution in [1.29, 1.82) is 0 Å². The molecule has 1 atom stereocenters. The molecule has 0 saturated carbocycles. The highest BCUT2D eigenvalue weighted by molar-refractivity contribution is 7.89. The Morgan fingerprint density at radius 3 is 2.38 bits per heavy atom. The molecule has 2 amide bonds. The van der Waals surface area contributed by atoms with E-state index in [2.05, 4.69) is 5.32 Å². The zero-order chi connectivity index (χ0) is 23.4. The maximum Gasteiger partial charge on any atom is 0.247 e. The van der Waals surface area contributed by atoms with Crippen LogP contribution in [-0.4, -0.2) is 54.6 Å². The second kappa shape index (κ2) is 9.83. The first kappa shape index (κ1) is 23.9. The Kier molecular flexibility index (Phi) is 7.36. The first-order valence-corrected chi connectivity index (χ1v) is 12.3. The van der Waals surface area contributed by atoms with E-state index < -0.39 is 15.6 Å². The summed E-state index contributed by atoms with van der Waals surface area (Å²) in [5, 5.41) is 2.91. The van der Waals surface area contributed by atoms with E-state index in [-0.39, 0.29) is 29.8 Å². The molecule has 1 saturated heterocycles. The molecule has 0 spiro atoms. The summed E-state index contributed by atoms with van der Waals surface area (Å²) in [5.41, 5.74) is 0.748. The summed E-state index contributed by atoms with van der Waals surface area (Å²) >= 11 is 0. The van der Waals surface area contributed by atoms with Crippen molar-refractivity contribution in [3.8, 4) is 0 Å². The number of amides is 2. The van der Waals surface area contributed by atoms with Gasteiger partial charge in [0.05, 0.1) is 11.4 Å². The highest BCUT2D eigenvalue weighted by Crippen LogP contribution is 2.28. The largest absolute Gasteiger partial charge is 0.350 e. The minimum Gasteiger partial charge on any atom is -0.350 e. The van der Waals surface area contributed by atoms with E-state index in [0.717, 1.165) is 28.3 Å². The van der Waals surface area contributed by atoms with Crippen LogP contribution < -0.4 is 5.32 Å². The molecular weight excluding hydrogens is 426 g/mol. The Labute approximate surface area is 190 Å². The number of carbonyl (C=O) groups excluding carboxylic acids is 2. The fourth-order valence-electron chi connectivity index (χ4n) is 3.87. The molecule has 0 unspecified atom stereocenters. The van der Waals surface area contributed by atoms with Gasteiger partial charge in [-0.3, -0.25) is 9.59 Å². The number of unbranched alkanes of at least 4 members (excludes halogenated alkanes) is 1. The molecule has 172 valence electrons. The smallest absolute Gasteiger partial charge is 0.247 e. The number of nitrogens with zero attached hydrogens (tertiary/aromatic N) is 2. The van der Waals surface area contributed by atoms with Crippen LogP contribution in [0.2, 0.25) is 0 Å². The van der Waals surface area contributed by atoms with Crippen molar-refractivity contribution in [3.05, 3.63) is 65.7 Å². The van der Waals surface area contributed by atoms with Gasteiger partial charge < -0.3 is 10.2 Å². The predicted molar refractivity (Wildman–Crippen MR) is 123 cm³/mol. The third-order valence-electron chi connectivity index (χ3n) is 5.87. The maximum atomic E-state index is 13.4. The fraction of sp³-hybridized carbons (Fsp3) is 0.417. The zero-order valence-corrected chi connectivity index (χ0v) is 19.7. The molecule has 2 aromatic carbocycles. The summed E-state index contributed by atoms with van der Waals surface area (Å²) in [5.74, 6) is -0.729. The number of hydrogen-bond acceptors (Lipinski definition) is 4. The van der Waals surface area contributed by atoms with E-state index >= 15 is 0 Å². The Balaban J connectivity index is 1.87. The van der Waals surface area contributed by atoms with Crippen LogP contribution in [0.4, 0.5) is 0 Å².